The Morgan fingerprint density at radius 1 is 1.38 bits per heavy atom. The molecule has 2 atom stereocenters. The summed E-state index contributed by atoms with van der Waals surface area (Å²) in [5, 5.41) is 0. The molecule has 0 N–H and O–H groups in total. The lowest BCUT2D eigenvalue weighted by Gasteiger charge is -2.30. The first kappa shape index (κ1) is 12.3. The van der Waals surface area contributed by atoms with Gasteiger partial charge in [-0.25, -0.2) is 0 Å². The van der Waals surface area contributed by atoms with Gasteiger partial charge in [-0.1, -0.05) is 12.1 Å². The molecule has 1 saturated heterocycles. The van der Waals surface area contributed by atoms with Gasteiger partial charge in [0.15, 0.2) is 0 Å². The Morgan fingerprint density at radius 2 is 2.12 bits per heavy atom. The second-order valence-corrected chi connectivity index (χ2v) is 5.31. The van der Waals surface area contributed by atoms with Crippen molar-refractivity contribution in [2.24, 2.45) is 5.92 Å². The average Bonchev–Trinajstić information content (AvgIpc) is 2.39. The van der Waals surface area contributed by atoms with Crippen LogP contribution in [0.25, 0.3) is 0 Å². The van der Waals surface area contributed by atoms with Gasteiger partial charge in [0.1, 0.15) is 0 Å². The SMILES string of the molecule is CSc1ccc(C2OCCCC2CCl)cc1. The fraction of sp³-hybridized carbons (Fsp3) is 0.538. The van der Waals surface area contributed by atoms with E-state index in [2.05, 4.69) is 30.5 Å². The van der Waals surface area contributed by atoms with E-state index in [0.717, 1.165) is 13.0 Å². The molecule has 2 unspecified atom stereocenters. The fourth-order valence-corrected chi connectivity index (χ4v) is 2.89. The third-order valence-electron chi connectivity index (χ3n) is 3.09. The van der Waals surface area contributed by atoms with Crippen LogP contribution in [0.3, 0.4) is 0 Å². The van der Waals surface area contributed by atoms with Crippen molar-refractivity contribution in [1.82, 2.24) is 0 Å². The summed E-state index contributed by atoms with van der Waals surface area (Å²) in [6, 6.07) is 8.65. The largest absolute Gasteiger partial charge is 0.373 e. The van der Waals surface area contributed by atoms with Crippen molar-refractivity contribution in [3.8, 4) is 0 Å². The zero-order chi connectivity index (χ0) is 11.4. The number of hydrogen-bond acceptors (Lipinski definition) is 2. The molecule has 1 aliphatic rings. The van der Waals surface area contributed by atoms with E-state index in [4.69, 9.17) is 16.3 Å². The highest BCUT2D eigenvalue weighted by Crippen LogP contribution is 2.34. The minimum Gasteiger partial charge on any atom is -0.373 e. The summed E-state index contributed by atoms with van der Waals surface area (Å²) in [6.07, 6.45) is 4.60. The molecule has 1 nitrogen and oxygen atoms in total. The van der Waals surface area contributed by atoms with Gasteiger partial charge >= 0.3 is 0 Å². The summed E-state index contributed by atoms with van der Waals surface area (Å²) in [7, 11) is 0. The van der Waals surface area contributed by atoms with Gasteiger partial charge in [0.05, 0.1) is 6.10 Å². The molecule has 1 aliphatic heterocycles. The van der Waals surface area contributed by atoms with E-state index in [1.807, 2.05) is 0 Å². The molecule has 0 radical (unpaired) electrons. The molecule has 2 rings (SSSR count). The van der Waals surface area contributed by atoms with E-state index in [1.54, 1.807) is 11.8 Å². The highest BCUT2D eigenvalue weighted by Gasteiger charge is 2.26. The standard InChI is InChI=1S/C13H17ClOS/c1-16-12-6-4-10(5-7-12)13-11(9-14)3-2-8-15-13/h4-7,11,13H,2-3,8-9H2,1H3. The lowest BCUT2D eigenvalue weighted by molar-refractivity contribution is -0.0208. The first-order chi connectivity index (χ1) is 7.85. The predicted octanol–water partition coefficient (Wildman–Crippen LogP) is 4.12. The van der Waals surface area contributed by atoms with Crippen molar-refractivity contribution < 1.29 is 4.74 Å². The molecule has 0 spiro atoms. The lowest BCUT2D eigenvalue weighted by Crippen LogP contribution is -2.23. The van der Waals surface area contributed by atoms with Gasteiger partial charge < -0.3 is 4.74 Å². The normalized spacial score (nSPS) is 25.6. The number of benzene rings is 1. The minimum absolute atomic E-state index is 0.196. The molecule has 1 heterocycles. The van der Waals surface area contributed by atoms with Gasteiger partial charge in [0.25, 0.3) is 0 Å². The van der Waals surface area contributed by atoms with Crippen LogP contribution in [-0.4, -0.2) is 18.7 Å². The molecule has 16 heavy (non-hydrogen) atoms. The predicted molar refractivity (Wildman–Crippen MR) is 70.4 cm³/mol. The van der Waals surface area contributed by atoms with Crippen molar-refractivity contribution in [3.05, 3.63) is 29.8 Å². The minimum atomic E-state index is 0.196. The van der Waals surface area contributed by atoms with Gasteiger partial charge in [0.2, 0.25) is 0 Å². The molecule has 0 aliphatic carbocycles. The zero-order valence-corrected chi connectivity index (χ0v) is 11.1. The van der Waals surface area contributed by atoms with Gasteiger partial charge in [0, 0.05) is 23.3 Å². The number of hydrogen-bond donors (Lipinski definition) is 0. The van der Waals surface area contributed by atoms with Crippen LogP contribution in [0.2, 0.25) is 0 Å². The monoisotopic (exact) mass is 256 g/mol. The van der Waals surface area contributed by atoms with E-state index in [-0.39, 0.29) is 6.10 Å². The molecular formula is C13H17ClOS. The first-order valence-corrected chi connectivity index (χ1v) is 7.42. The fourth-order valence-electron chi connectivity index (χ4n) is 2.16. The van der Waals surface area contributed by atoms with Crippen molar-refractivity contribution in [2.45, 2.75) is 23.8 Å². The molecule has 88 valence electrons. The van der Waals surface area contributed by atoms with E-state index < -0.39 is 0 Å². The van der Waals surface area contributed by atoms with Crippen molar-refractivity contribution in [2.75, 3.05) is 18.7 Å². The number of ether oxygens (including phenoxy) is 1. The van der Waals surface area contributed by atoms with Crippen molar-refractivity contribution in [1.29, 1.82) is 0 Å². The third-order valence-corrected chi connectivity index (χ3v) is 4.23. The average molecular weight is 257 g/mol. The maximum absolute atomic E-state index is 6.00. The van der Waals surface area contributed by atoms with Crippen LogP contribution in [-0.2, 0) is 4.74 Å². The topological polar surface area (TPSA) is 9.23 Å². The Kier molecular flexibility index (Phi) is 4.56. The van der Waals surface area contributed by atoms with Gasteiger partial charge in [-0.05, 0) is 36.8 Å². The van der Waals surface area contributed by atoms with Crippen LogP contribution in [0.4, 0.5) is 0 Å². The first-order valence-electron chi connectivity index (χ1n) is 5.66. The van der Waals surface area contributed by atoms with Crippen LogP contribution in [0, 0.1) is 5.92 Å². The van der Waals surface area contributed by atoms with Crippen LogP contribution in [0.15, 0.2) is 29.2 Å². The Balaban J connectivity index is 2.14. The van der Waals surface area contributed by atoms with E-state index >= 15 is 0 Å². The Labute approximate surface area is 107 Å². The van der Waals surface area contributed by atoms with Crippen LogP contribution < -0.4 is 0 Å². The number of alkyl halides is 1. The number of halogens is 1. The summed E-state index contributed by atoms with van der Waals surface area (Å²) in [5.74, 6) is 1.16. The molecular weight excluding hydrogens is 240 g/mol. The Hall–Kier alpha value is -0.180. The van der Waals surface area contributed by atoms with Gasteiger partial charge in [-0.15, -0.1) is 23.4 Å². The highest BCUT2D eigenvalue weighted by molar-refractivity contribution is 7.98. The highest BCUT2D eigenvalue weighted by atomic mass is 35.5. The van der Waals surface area contributed by atoms with Gasteiger partial charge in [-0.2, -0.15) is 0 Å². The van der Waals surface area contributed by atoms with E-state index in [9.17, 15) is 0 Å². The third kappa shape index (κ3) is 2.73. The number of thioether (sulfide) groups is 1. The van der Waals surface area contributed by atoms with Crippen LogP contribution in [0.1, 0.15) is 24.5 Å². The molecule has 0 saturated carbocycles. The lowest BCUT2D eigenvalue weighted by atomic mass is 9.91. The second-order valence-electron chi connectivity index (χ2n) is 4.12. The Bertz CT molecular complexity index is 325. The second kappa shape index (κ2) is 5.95. The Morgan fingerprint density at radius 3 is 2.75 bits per heavy atom. The summed E-state index contributed by atoms with van der Waals surface area (Å²) in [6.45, 7) is 0.863. The molecule has 1 aromatic carbocycles. The smallest absolute Gasteiger partial charge is 0.0864 e. The van der Waals surface area contributed by atoms with Crippen LogP contribution in [0.5, 0.6) is 0 Å². The molecule has 1 aromatic rings. The van der Waals surface area contributed by atoms with Crippen molar-refractivity contribution in [3.63, 3.8) is 0 Å². The summed E-state index contributed by atoms with van der Waals surface area (Å²) in [5.41, 5.74) is 1.27. The van der Waals surface area contributed by atoms with E-state index in [0.29, 0.717) is 11.8 Å². The molecule has 1 fully saturated rings. The zero-order valence-electron chi connectivity index (χ0n) is 9.49. The van der Waals surface area contributed by atoms with E-state index in [1.165, 1.54) is 16.9 Å². The molecule has 0 aromatic heterocycles. The molecule has 0 bridgehead atoms. The summed E-state index contributed by atoms with van der Waals surface area (Å²) in [4.78, 5) is 1.29. The van der Waals surface area contributed by atoms with Crippen molar-refractivity contribution >= 4 is 23.4 Å². The summed E-state index contributed by atoms with van der Waals surface area (Å²) < 4.78 is 5.85. The van der Waals surface area contributed by atoms with Gasteiger partial charge in [-0.3, -0.25) is 0 Å². The molecule has 0 amide bonds. The summed E-state index contributed by atoms with van der Waals surface area (Å²) >= 11 is 7.76. The maximum Gasteiger partial charge on any atom is 0.0864 e. The van der Waals surface area contributed by atoms with Crippen LogP contribution >= 0.6 is 23.4 Å². The number of rotatable bonds is 3. The molecule has 3 heteroatoms. The quantitative estimate of drug-likeness (QED) is 0.595. The maximum atomic E-state index is 6.00.